The number of alkyl halides is 3. The first-order valence-corrected chi connectivity index (χ1v) is 4.05. The van der Waals surface area contributed by atoms with Crippen LogP contribution >= 0.6 is 0 Å². The fourth-order valence-corrected chi connectivity index (χ4v) is 0.526. The lowest BCUT2D eigenvalue weighted by molar-refractivity contribution is -0.0883. The molecule has 0 aliphatic carbocycles. The van der Waals surface area contributed by atoms with Crippen LogP contribution < -0.4 is 0 Å². The van der Waals surface area contributed by atoms with Gasteiger partial charge in [-0.25, -0.2) is 0 Å². The molecule has 0 aliphatic heterocycles. The van der Waals surface area contributed by atoms with Crippen molar-refractivity contribution in [2.24, 2.45) is 0 Å². The molecule has 0 saturated heterocycles. The maximum Gasteiger partial charge on any atom is 0.416 e. The molecule has 0 aromatic rings. The molecule has 0 radical (unpaired) electrons. The lowest BCUT2D eigenvalue weighted by atomic mass is 10.2. The van der Waals surface area contributed by atoms with Gasteiger partial charge in [-0.1, -0.05) is 44.7 Å². The third-order valence-electron chi connectivity index (χ3n) is 1.05. The van der Waals surface area contributed by atoms with Crippen molar-refractivity contribution in [1.82, 2.24) is 0 Å². The highest BCUT2D eigenvalue weighted by Gasteiger charge is 2.30. The minimum atomic E-state index is -4.26. The molecular weight excluding hydrogens is 177 g/mol. The molecule has 0 unspecified atom stereocenters. The van der Waals surface area contributed by atoms with E-state index in [0.717, 1.165) is 12.2 Å². The highest BCUT2D eigenvalue weighted by molar-refractivity contribution is 5.25. The van der Waals surface area contributed by atoms with Crippen molar-refractivity contribution in [2.75, 3.05) is 0 Å². The lowest BCUT2D eigenvalue weighted by Crippen LogP contribution is -2.09. The second-order valence-electron chi connectivity index (χ2n) is 1.84. The van der Waals surface area contributed by atoms with Crippen molar-refractivity contribution in [2.45, 2.75) is 26.9 Å². The van der Waals surface area contributed by atoms with Crippen LogP contribution in [0.15, 0.2) is 36.5 Å². The summed E-state index contributed by atoms with van der Waals surface area (Å²) in [6, 6.07) is 0. The molecule has 0 fully saturated rings. The molecule has 0 rings (SSSR count). The van der Waals surface area contributed by atoms with Gasteiger partial charge in [0, 0.05) is 0 Å². The van der Waals surface area contributed by atoms with Crippen LogP contribution in [0.5, 0.6) is 0 Å². The number of hydrogen-bond acceptors (Lipinski definition) is 0. The molecule has 0 aromatic carbocycles. The van der Waals surface area contributed by atoms with Gasteiger partial charge in [-0.3, -0.25) is 0 Å². The number of allylic oxidation sites excluding steroid dienone is 5. The minimum Gasteiger partial charge on any atom is -0.166 e. The van der Waals surface area contributed by atoms with E-state index in [0.29, 0.717) is 0 Å². The summed E-state index contributed by atoms with van der Waals surface area (Å²) in [5, 5.41) is 0. The van der Waals surface area contributed by atoms with E-state index in [4.69, 9.17) is 0 Å². The summed E-state index contributed by atoms with van der Waals surface area (Å²) < 4.78 is 35.7. The van der Waals surface area contributed by atoms with E-state index in [2.05, 4.69) is 6.58 Å². The molecule has 0 atom stereocenters. The highest BCUT2D eigenvalue weighted by Crippen LogP contribution is 2.26. The smallest absolute Gasteiger partial charge is 0.166 e. The maximum atomic E-state index is 11.9. The fourth-order valence-electron chi connectivity index (χ4n) is 0.526. The first-order valence-electron chi connectivity index (χ1n) is 4.05. The van der Waals surface area contributed by atoms with Crippen LogP contribution in [0.3, 0.4) is 0 Å². The van der Waals surface area contributed by atoms with Gasteiger partial charge in [-0.05, 0) is 6.92 Å². The molecule has 0 spiro atoms. The Morgan fingerprint density at radius 3 is 1.92 bits per heavy atom. The van der Waals surface area contributed by atoms with E-state index in [-0.39, 0.29) is 0 Å². The standard InChI is InChI=1S/C8H9F3.C2H6/c1-3-5-6-7(4-2)8(9,10)11;1-2/h3-6H,1H2,2H3;1-2H3/b6-5-,7-4+;. The molecule has 3 heteroatoms. The molecule has 0 nitrogen and oxygen atoms in total. The second-order valence-corrected chi connectivity index (χ2v) is 1.84. The zero-order valence-electron chi connectivity index (χ0n) is 8.15. The van der Waals surface area contributed by atoms with Crippen LogP contribution in [-0.4, -0.2) is 6.18 Å². The molecule has 76 valence electrons. The van der Waals surface area contributed by atoms with Crippen LogP contribution in [-0.2, 0) is 0 Å². The quantitative estimate of drug-likeness (QED) is 0.573. The Bertz CT molecular complexity index is 185. The Morgan fingerprint density at radius 2 is 1.69 bits per heavy atom. The highest BCUT2D eigenvalue weighted by atomic mass is 19.4. The monoisotopic (exact) mass is 192 g/mol. The van der Waals surface area contributed by atoms with Crippen molar-refractivity contribution in [1.29, 1.82) is 0 Å². The summed E-state index contributed by atoms with van der Waals surface area (Å²) in [6.07, 6.45) is 0.291. The average molecular weight is 192 g/mol. The predicted molar refractivity (Wildman–Crippen MR) is 50.5 cm³/mol. The average Bonchev–Trinajstić information content (AvgIpc) is 2.07. The molecular formula is C10H15F3. The number of hydrogen-bond donors (Lipinski definition) is 0. The Labute approximate surface area is 77.5 Å². The van der Waals surface area contributed by atoms with Crippen molar-refractivity contribution >= 4 is 0 Å². The number of rotatable bonds is 2. The first kappa shape index (κ1) is 14.5. The molecule has 0 aliphatic rings. The Hall–Kier alpha value is -0.990. The van der Waals surface area contributed by atoms with E-state index < -0.39 is 11.7 Å². The number of halogens is 3. The normalized spacial score (nSPS) is 12.3. The van der Waals surface area contributed by atoms with Crippen LogP contribution in [0, 0.1) is 0 Å². The van der Waals surface area contributed by atoms with Gasteiger partial charge >= 0.3 is 6.18 Å². The molecule has 0 heterocycles. The third-order valence-corrected chi connectivity index (χ3v) is 1.05. The molecule has 0 bridgehead atoms. The Kier molecular flexibility index (Phi) is 8.55. The van der Waals surface area contributed by atoms with E-state index in [1.165, 1.54) is 19.1 Å². The van der Waals surface area contributed by atoms with E-state index >= 15 is 0 Å². The van der Waals surface area contributed by atoms with E-state index in [9.17, 15) is 13.2 Å². The van der Waals surface area contributed by atoms with Gasteiger partial charge in [0.25, 0.3) is 0 Å². The maximum absolute atomic E-state index is 11.9. The topological polar surface area (TPSA) is 0 Å². The van der Waals surface area contributed by atoms with E-state index in [1.807, 2.05) is 13.8 Å². The van der Waals surface area contributed by atoms with Gasteiger partial charge in [0.05, 0.1) is 5.57 Å². The minimum absolute atomic E-state index is 0.655. The van der Waals surface area contributed by atoms with Crippen molar-refractivity contribution in [3.05, 3.63) is 36.5 Å². The first-order chi connectivity index (χ1) is 6.02. The zero-order chi connectivity index (χ0) is 10.9. The fraction of sp³-hybridized carbons (Fsp3) is 0.400. The molecule has 0 amide bonds. The molecule has 0 N–H and O–H groups in total. The summed E-state index contributed by atoms with van der Waals surface area (Å²) in [7, 11) is 0. The van der Waals surface area contributed by atoms with Crippen molar-refractivity contribution in [3.63, 3.8) is 0 Å². The summed E-state index contributed by atoms with van der Waals surface area (Å²) in [5.74, 6) is 0. The van der Waals surface area contributed by atoms with Gasteiger partial charge in [-0.2, -0.15) is 13.2 Å². The van der Waals surface area contributed by atoms with Gasteiger partial charge in [0.15, 0.2) is 0 Å². The summed E-state index contributed by atoms with van der Waals surface area (Å²) in [4.78, 5) is 0. The Morgan fingerprint density at radius 1 is 1.23 bits per heavy atom. The summed E-state index contributed by atoms with van der Waals surface area (Å²) >= 11 is 0. The predicted octanol–water partition coefficient (Wildman–Crippen LogP) is 4.26. The van der Waals surface area contributed by atoms with Crippen LogP contribution in [0.25, 0.3) is 0 Å². The molecule has 0 saturated carbocycles. The lowest BCUT2D eigenvalue weighted by Gasteiger charge is -2.05. The third kappa shape index (κ3) is 7.37. The van der Waals surface area contributed by atoms with Gasteiger partial charge in [0.2, 0.25) is 0 Å². The van der Waals surface area contributed by atoms with Crippen LogP contribution in [0.4, 0.5) is 13.2 Å². The summed E-state index contributed by atoms with van der Waals surface area (Å²) in [6.45, 7) is 8.61. The van der Waals surface area contributed by atoms with E-state index in [1.54, 1.807) is 0 Å². The van der Waals surface area contributed by atoms with Crippen molar-refractivity contribution < 1.29 is 13.2 Å². The second kappa shape index (κ2) is 7.65. The molecule has 13 heavy (non-hydrogen) atoms. The van der Waals surface area contributed by atoms with Crippen molar-refractivity contribution in [3.8, 4) is 0 Å². The van der Waals surface area contributed by atoms with Gasteiger partial charge < -0.3 is 0 Å². The van der Waals surface area contributed by atoms with Gasteiger partial charge in [-0.15, -0.1) is 0 Å². The van der Waals surface area contributed by atoms with Gasteiger partial charge in [0.1, 0.15) is 0 Å². The summed E-state index contributed by atoms with van der Waals surface area (Å²) in [5.41, 5.74) is -0.655. The largest absolute Gasteiger partial charge is 0.416 e. The Balaban J connectivity index is 0. The zero-order valence-corrected chi connectivity index (χ0v) is 8.15. The van der Waals surface area contributed by atoms with Crippen LogP contribution in [0.1, 0.15) is 20.8 Å². The molecule has 0 aromatic heterocycles. The SMILES string of the molecule is C=C/C=C\C(=C/C)C(F)(F)F.CC. The van der Waals surface area contributed by atoms with Crippen LogP contribution in [0.2, 0.25) is 0 Å².